The highest BCUT2D eigenvalue weighted by Crippen LogP contribution is 2.10. The largest absolute Gasteiger partial charge is 0.467 e. The average Bonchev–Trinajstić information content (AvgIpc) is 2.51. The normalized spacial score (nSPS) is 9.83. The van der Waals surface area contributed by atoms with E-state index in [4.69, 9.17) is 14.9 Å². The van der Waals surface area contributed by atoms with Crippen molar-refractivity contribution in [1.82, 2.24) is 0 Å². The Bertz CT molecular complexity index is 267. The van der Waals surface area contributed by atoms with E-state index in [0.717, 1.165) is 0 Å². The Morgan fingerprint density at radius 2 is 2.50 bits per heavy atom. The summed E-state index contributed by atoms with van der Waals surface area (Å²) in [6.07, 6.45) is 1.43. The van der Waals surface area contributed by atoms with E-state index in [2.05, 4.69) is 0 Å². The fourth-order valence-corrected chi connectivity index (χ4v) is 0.889. The van der Waals surface area contributed by atoms with E-state index in [1.54, 1.807) is 13.0 Å². The summed E-state index contributed by atoms with van der Waals surface area (Å²) >= 11 is 0. The highest BCUT2D eigenvalue weighted by molar-refractivity contribution is 5.90. The van der Waals surface area contributed by atoms with E-state index < -0.39 is 0 Å². The van der Waals surface area contributed by atoms with Gasteiger partial charge in [0.05, 0.1) is 19.4 Å². The molecule has 0 unspecified atom stereocenters. The van der Waals surface area contributed by atoms with Gasteiger partial charge in [-0.2, -0.15) is 0 Å². The standard InChI is InChI=1S/C8H11NO3/c1-2-11-8(10)6-3-4-12-7(6)5-9/h3-4H,2,5,9H2,1H3. The topological polar surface area (TPSA) is 65.5 Å². The number of furan rings is 1. The molecular weight excluding hydrogens is 158 g/mol. The van der Waals surface area contributed by atoms with Crippen molar-refractivity contribution in [2.45, 2.75) is 13.5 Å². The summed E-state index contributed by atoms with van der Waals surface area (Å²) in [5, 5.41) is 0. The molecule has 2 N–H and O–H groups in total. The Balaban J connectivity index is 2.79. The fraction of sp³-hybridized carbons (Fsp3) is 0.375. The van der Waals surface area contributed by atoms with E-state index in [9.17, 15) is 4.79 Å². The number of carbonyl (C=O) groups is 1. The van der Waals surface area contributed by atoms with Crippen LogP contribution in [0.4, 0.5) is 0 Å². The molecule has 0 atom stereocenters. The zero-order valence-electron chi connectivity index (χ0n) is 6.87. The van der Waals surface area contributed by atoms with Crippen molar-refractivity contribution < 1.29 is 13.9 Å². The van der Waals surface area contributed by atoms with Crippen molar-refractivity contribution >= 4 is 5.97 Å². The Hall–Kier alpha value is -1.29. The first-order valence-electron chi connectivity index (χ1n) is 3.73. The minimum absolute atomic E-state index is 0.209. The minimum atomic E-state index is -0.383. The zero-order chi connectivity index (χ0) is 8.97. The van der Waals surface area contributed by atoms with Gasteiger partial charge in [-0.25, -0.2) is 4.79 Å². The Labute approximate surface area is 70.3 Å². The van der Waals surface area contributed by atoms with E-state index in [1.165, 1.54) is 6.26 Å². The van der Waals surface area contributed by atoms with Crippen LogP contribution in [0, 0.1) is 0 Å². The molecule has 66 valence electrons. The van der Waals surface area contributed by atoms with E-state index in [0.29, 0.717) is 17.9 Å². The van der Waals surface area contributed by atoms with Gasteiger partial charge < -0.3 is 14.9 Å². The number of nitrogens with two attached hydrogens (primary N) is 1. The summed E-state index contributed by atoms with van der Waals surface area (Å²) in [6.45, 7) is 2.31. The summed E-state index contributed by atoms with van der Waals surface area (Å²) in [4.78, 5) is 11.1. The summed E-state index contributed by atoms with van der Waals surface area (Å²) in [5.74, 6) is 0.0835. The van der Waals surface area contributed by atoms with Crippen LogP contribution in [0.1, 0.15) is 23.0 Å². The fourth-order valence-electron chi connectivity index (χ4n) is 0.889. The third-order valence-electron chi connectivity index (χ3n) is 1.43. The molecule has 4 nitrogen and oxygen atoms in total. The second-order valence-corrected chi connectivity index (χ2v) is 2.18. The molecule has 1 heterocycles. The maximum Gasteiger partial charge on any atom is 0.341 e. The molecular formula is C8H11NO3. The van der Waals surface area contributed by atoms with Crippen LogP contribution in [0.5, 0.6) is 0 Å². The molecule has 0 aliphatic carbocycles. The maximum absolute atomic E-state index is 11.1. The number of ether oxygens (including phenoxy) is 1. The number of hydrogen-bond donors (Lipinski definition) is 1. The lowest BCUT2D eigenvalue weighted by atomic mass is 10.2. The third-order valence-corrected chi connectivity index (χ3v) is 1.43. The first-order valence-corrected chi connectivity index (χ1v) is 3.73. The summed E-state index contributed by atoms with van der Waals surface area (Å²) in [6, 6.07) is 1.56. The van der Waals surface area contributed by atoms with Gasteiger partial charge in [0.15, 0.2) is 0 Å². The van der Waals surface area contributed by atoms with Crippen LogP contribution < -0.4 is 5.73 Å². The van der Waals surface area contributed by atoms with Crippen molar-refractivity contribution in [3.63, 3.8) is 0 Å². The second-order valence-electron chi connectivity index (χ2n) is 2.18. The molecule has 0 saturated carbocycles. The number of carbonyl (C=O) groups excluding carboxylic acids is 1. The SMILES string of the molecule is CCOC(=O)c1ccoc1CN. The lowest BCUT2D eigenvalue weighted by Gasteiger charge is -1.99. The molecule has 1 aromatic heterocycles. The quantitative estimate of drug-likeness (QED) is 0.683. The predicted molar refractivity (Wildman–Crippen MR) is 42.6 cm³/mol. The van der Waals surface area contributed by atoms with E-state index >= 15 is 0 Å². The third kappa shape index (κ3) is 1.65. The van der Waals surface area contributed by atoms with Crippen LogP contribution in [-0.4, -0.2) is 12.6 Å². The minimum Gasteiger partial charge on any atom is -0.467 e. The molecule has 0 fully saturated rings. The van der Waals surface area contributed by atoms with Gasteiger partial charge in [-0.3, -0.25) is 0 Å². The van der Waals surface area contributed by atoms with Crippen LogP contribution >= 0.6 is 0 Å². The van der Waals surface area contributed by atoms with Crippen LogP contribution in [0.3, 0.4) is 0 Å². The molecule has 0 aromatic carbocycles. The smallest absolute Gasteiger partial charge is 0.341 e. The van der Waals surface area contributed by atoms with Gasteiger partial charge in [-0.15, -0.1) is 0 Å². The van der Waals surface area contributed by atoms with Crippen molar-refractivity contribution in [2.24, 2.45) is 5.73 Å². The van der Waals surface area contributed by atoms with Crippen molar-refractivity contribution in [3.05, 3.63) is 23.7 Å². The summed E-state index contributed by atoms with van der Waals surface area (Å²) < 4.78 is 9.73. The Morgan fingerprint density at radius 3 is 3.08 bits per heavy atom. The molecule has 0 bridgehead atoms. The highest BCUT2D eigenvalue weighted by Gasteiger charge is 2.13. The van der Waals surface area contributed by atoms with E-state index in [1.807, 2.05) is 0 Å². The van der Waals surface area contributed by atoms with Gasteiger partial charge >= 0.3 is 5.97 Å². The predicted octanol–water partition coefficient (Wildman–Crippen LogP) is 0.915. The molecule has 4 heteroatoms. The molecule has 0 aliphatic heterocycles. The summed E-state index contributed by atoms with van der Waals surface area (Å²) in [5.41, 5.74) is 5.74. The lowest BCUT2D eigenvalue weighted by molar-refractivity contribution is 0.0524. The van der Waals surface area contributed by atoms with Crippen LogP contribution in [0.15, 0.2) is 16.7 Å². The summed E-state index contributed by atoms with van der Waals surface area (Å²) in [7, 11) is 0. The van der Waals surface area contributed by atoms with Gasteiger partial charge in [-0.05, 0) is 13.0 Å². The molecule has 1 aromatic rings. The van der Waals surface area contributed by atoms with Crippen LogP contribution in [0.25, 0.3) is 0 Å². The second kappa shape index (κ2) is 3.92. The van der Waals surface area contributed by atoms with Gasteiger partial charge in [0.25, 0.3) is 0 Å². The maximum atomic E-state index is 11.1. The monoisotopic (exact) mass is 169 g/mol. The number of esters is 1. The van der Waals surface area contributed by atoms with Crippen molar-refractivity contribution in [3.8, 4) is 0 Å². The van der Waals surface area contributed by atoms with E-state index in [-0.39, 0.29) is 12.5 Å². The van der Waals surface area contributed by atoms with Gasteiger partial charge in [-0.1, -0.05) is 0 Å². The number of hydrogen-bond acceptors (Lipinski definition) is 4. The average molecular weight is 169 g/mol. The number of rotatable bonds is 3. The van der Waals surface area contributed by atoms with Crippen molar-refractivity contribution in [2.75, 3.05) is 6.61 Å². The molecule has 0 aliphatic rings. The molecule has 12 heavy (non-hydrogen) atoms. The zero-order valence-corrected chi connectivity index (χ0v) is 6.87. The van der Waals surface area contributed by atoms with Crippen LogP contribution in [-0.2, 0) is 11.3 Å². The molecule has 0 saturated heterocycles. The molecule has 0 radical (unpaired) electrons. The Morgan fingerprint density at radius 1 is 1.75 bits per heavy atom. The van der Waals surface area contributed by atoms with Gasteiger partial charge in [0.1, 0.15) is 11.3 Å². The highest BCUT2D eigenvalue weighted by atomic mass is 16.5. The molecule has 0 amide bonds. The molecule has 0 spiro atoms. The Kier molecular flexibility index (Phi) is 2.88. The van der Waals surface area contributed by atoms with Crippen LogP contribution in [0.2, 0.25) is 0 Å². The van der Waals surface area contributed by atoms with Gasteiger partial charge in [0.2, 0.25) is 0 Å². The lowest BCUT2D eigenvalue weighted by Crippen LogP contribution is -2.08. The van der Waals surface area contributed by atoms with Gasteiger partial charge in [0, 0.05) is 0 Å². The molecule has 1 rings (SSSR count). The van der Waals surface area contributed by atoms with Crippen molar-refractivity contribution in [1.29, 1.82) is 0 Å². The first-order chi connectivity index (χ1) is 5.79. The first kappa shape index (κ1) is 8.80.